The summed E-state index contributed by atoms with van der Waals surface area (Å²) in [5.41, 5.74) is 1.20. The van der Waals surface area contributed by atoms with Crippen LogP contribution in [0.3, 0.4) is 0 Å². The minimum Gasteiger partial charge on any atom is -0.310 e. The van der Waals surface area contributed by atoms with Crippen LogP contribution in [0, 0.1) is 5.92 Å². The minimum absolute atomic E-state index is 0.0626. The van der Waals surface area contributed by atoms with Crippen molar-refractivity contribution in [1.82, 2.24) is 5.32 Å². The highest BCUT2D eigenvalue weighted by Crippen LogP contribution is 2.07. The lowest BCUT2D eigenvalue weighted by atomic mass is 9.96. The minimum atomic E-state index is -0.0626. The summed E-state index contributed by atoms with van der Waals surface area (Å²) in [6.45, 7) is 3.88. The lowest BCUT2D eigenvalue weighted by molar-refractivity contribution is -0.123. The Balaban J connectivity index is 2.66. The van der Waals surface area contributed by atoms with Gasteiger partial charge in [0.2, 0.25) is 0 Å². The fraction of sp³-hybridized carbons (Fsp3) is 0.462. The van der Waals surface area contributed by atoms with Gasteiger partial charge in [0.15, 0.2) is 5.78 Å². The van der Waals surface area contributed by atoms with E-state index >= 15 is 0 Å². The molecule has 1 aromatic carbocycles. The van der Waals surface area contributed by atoms with Gasteiger partial charge in [0.05, 0.1) is 6.04 Å². The third kappa shape index (κ3) is 3.48. The van der Waals surface area contributed by atoms with Crippen LogP contribution in [0.4, 0.5) is 0 Å². The highest BCUT2D eigenvalue weighted by atomic mass is 16.1. The molecular formula is C13H19NO. The summed E-state index contributed by atoms with van der Waals surface area (Å²) in [7, 11) is 1.84. The summed E-state index contributed by atoms with van der Waals surface area (Å²) in [6, 6.07) is 10.0. The summed E-state index contributed by atoms with van der Waals surface area (Å²) in [4.78, 5) is 11.8. The number of hydrogen-bond donors (Lipinski definition) is 1. The molecule has 0 aromatic heterocycles. The highest BCUT2D eigenvalue weighted by molar-refractivity contribution is 5.85. The Kier molecular flexibility index (Phi) is 4.50. The lowest BCUT2D eigenvalue weighted by Gasteiger charge is -2.17. The molecule has 0 unspecified atom stereocenters. The molecule has 0 saturated carbocycles. The van der Waals surface area contributed by atoms with Gasteiger partial charge in [-0.2, -0.15) is 0 Å². The predicted octanol–water partition coefficient (Wildman–Crippen LogP) is 2.04. The van der Waals surface area contributed by atoms with Crippen molar-refractivity contribution < 1.29 is 4.79 Å². The number of nitrogens with one attached hydrogen (secondary N) is 1. The second-order valence-electron chi connectivity index (χ2n) is 4.09. The Labute approximate surface area is 91.7 Å². The first-order valence-corrected chi connectivity index (χ1v) is 5.40. The number of benzene rings is 1. The number of rotatable bonds is 5. The van der Waals surface area contributed by atoms with Gasteiger partial charge in [-0.05, 0) is 19.0 Å². The molecular weight excluding hydrogens is 186 g/mol. The summed E-state index contributed by atoms with van der Waals surface area (Å²) >= 11 is 0. The molecule has 1 rings (SSSR count). The van der Waals surface area contributed by atoms with Crippen molar-refractivity contribution in [2.45, 2.75) is 26.3 Å². The zero-order valence-corrected chi connectivity index (χ0v) is 9.66. The van der Waals surface area contributed by atoms with Gasteiger partial charge >= 0.3 is 0 Å². The fourth-order valence-corrected chi connectivity index (χ4v) is 1.60. The van der Waals surface area contributed by atoms with Crippen molar-refractivity contribution in [2.75, 3.05) is 7.05 Å². The molecule has 1 aromatic rings. The molecule has 1 N–H and O–H groups in total. The Morgan fingerprint density at radius 3 is 2.33 bits per heavy atom. The largest absolute Gasteiger partial charge is 0.310 e. The maximum Gasteiger partial charge on any atom is 0.152 e. The molecule has 0 fully saturated rings. The van der Waals surface area contributed by atoms with Crippen molar-refractivity contribution in [3.63, 3.8) is 0 Å². The Morgan fingerprint density at radius 1 is 1.27 bits per heavy atom. The summed E-state index contributed by atoms with van der Waals surface area (Å²) in [5, 5.41) is 3.08. The molecule has 0 aliphatic carbocycles. The van der Waals surface area contributed by atoms with E-state index < -0.39 is 0 Å². The molecule has 2 nitrogen and oxygen atoms in total. The van der Waals surface area contributed by atoms with Crippen molar-refractivity contribution in [1.29, 1.82) is 0 Å². The lowest BCUT2D eigenvalue weighted by Crippen LogP contribution is -2.38. The number of Topliss-reactive ketones (excluding diaryl/α,β-unsaturated/α-hetero) is 1. The first-order chi connectivity index (χ1) is 7.15. The second kappa shape index (κ2) is 5.66. The molecule has 82 valence electrons. The number of hydrogen-bond acceptors (Lipinski definition) is 2. The molecule has 0 aliphatic heterocycles. The Morgan fingerprint density at radius 2 is 1.87 bits per heavy atom. The average molecular weight is 205 g/mol. The predicted molar refractivity (Wildman–Crippen MR) is 62.8 cm³/mol. The zero-order chi connectivity index (χ0) is 11.3. The smallest absolute Gasteiger partial charge is 0.152 e. The number of likely N-dealkylation sites (N-methyl/N-ethyl adjacent to an activating group) is 1. The molecule has 0 heterocycles. The van der Waals surface area contributed by atoms with Crippen molar-refractivity contribution in [3.8, 4) is 0 Å². The molecule has 2 heteroatoms. The van der Waals surface area contributed by atoms with Gasteiger partial charge in [0, 0.05) is 5.92 Å². The molecule has 0 bridgehead atoms. The second-order valence-corrected chi connectivity index (χ2v) is 4.09. The van der Waals surface area contributed by atoms with E-state index in [0.717, 1.165) is 6.42 Å². The summed E-state index contributed by atoms with van der Waals surface area (Å²) < 4.78 is 0. The third-order valence-corrected chi connectivity index (χ3v) is 2.54. The maximum absolute atomic E-state index is 11.8. The number of carbonyl (C=O) groups excluding carboxylic acids is 1. The van der Waals surface area contributed by atoms with Gasteiger partial charge in [-0.1, -0.05) is 44.2 Å². The van der Waals surface area contributed by atoms with Gasteiger partial charge in [-0.3, -0.25) is 4.79 Å². The van der Waals surface area contributed by atoms with E-state index in [1.807, 2.05) is 39.1 Å². The van der Waals surface area contributed by atoms with Crippen LogP contribution in [-0.4, -0.2) is 18.9 Å². The molecule has 15 heavy (non-hydrogen) atoms. The monoisotopic (exact) mass is 205 g/mol. The van der Waals surface area contributed by atoms with Crippen LogP contribution < -0.4 is 5.32 Å². The quantitative estimate of drug-likeness (QED) is 0.797. The number of ketones is 1. The number of carbonyl (C=O) groups is 1. The average Bonchev–Trinajstić information content (AvgIpc) is 2.26. The molecule has 0 radical (unpaired) electrons. The van der Waals surface area contributed by atoms with Crippen LogP contribution in [0.15, 0.2) is 30.3 Å². The van der Waals surface area contributed by atoms with Gasteiger partial charge in [0.1, 0.15) is 0 Å². The molecule has 0 aliphatic rings. The van der Waals surface area contributed by atoms with Crippen LogP contribution in [0.2, 0.25) is 0 Å². The summed E-state index contributed by atoms with van der Waals surface area (Å²) in [5.74, 6) is 0.368. The van der Waals surface area contributed by atoms with Gasteiger partial charge in [-0.15, -0.1) is 0 Å². The normalized spacial score (nSPS) is 12.8. The van der Waals surface area contributed by atoms with Gasteiger partial charge in [-0.25, -0.2) is 0 Å². The topological polar surface area (TPSA) is 29.1 Å². The van der Waals surface area contributed by atoms with Gasteiger partial charge < -0.3 is 5.32 Å². The maximum atomic E-state index is 11.8. The standard InChI is InChI=1S/C13H19NO/c1-10(2)13(15)12(14-3)9-11-7-5-4-6-8-11/h4-8,10,12,14H,9H2,1-3H3/t12-/m1/s1. The van der Waals surface area contributed by atoms with Crippen molar-refractivity contribution in [3.05, 3.63) is 35.9 Å². The van der Waals surface area contributed by atoms with E-state index in [1.165, 1.54) is 5.56 Å². The van der Waals surface area contributed by atoms with E-state index in [2.05, 4.69) is 17.4 Å². The van der Waals surface area contributed by atoms with Crippen LogP contribution in [0.25, 0.3) is 0 Å². The van der Waals surface area contributed by atoms with Crippen molar-refractivity contribution >= 4 is 5.78 Å². The molecule has 1 atom stereocenters. The van der Waals surface area contributed by atoms with Crippen LogP contribution in [-0.2, 0) is 11.2 Å². The van der Waals surface area contributed by atoms with Crippen LogP contribution >= 0.6 is 0 Å². The molecule has 0 amide bonds. The SMILES string of the molecule is CN[C@H](Cc1ccccc1)C(=O)C(C)C. The van der Waals surface area contributed by atoms with E-state index in [-0.39, 0.29) is 17.7 Å². The van der Waals surface area contributed by atoms with Crippen LogP contribution in [0.1, 0.15) is 19.4 Å². The van der Waals surface area contributed by atoms with E-state index in [4.69, 9.17) is 0 Å². The first kappa shape index (κ1) is 11.9. The van der Waals surface area contributed by atoms with Crippen LogP contribution in [0.5, 0.6) is 0 Å². The zero-order valence-electron chi connectivity index (χ0n) is 9.66. The third-order valence-electron chi connectivity index (χ3n) is 2.54. The fourth-order valence-electron chi connectivity index (χ4n) is 1.60. The Bertz CT molecular complexity index is 306. The molecule has 0 saturated heterocycles. The van der Waals surface area contributed by atoms with E-state index in [1.54, 1.807) is 0 Å². The van der Waals surface area contributed by atoms with E-state index in [9.17, 15) is 4.79 Å². The molecule has 0 spiro atoms. The highest BCUT2D eigenvalue weighted by Gasteiger charge is 2.19. The Hall–Kier alpha value is -1.15. The van der Waals surface area contributed by atoms with E-state index in [0.29, 0.717) is 0 Å². The van der Waals surface area contributed by atoms with Crippen molar-refractivity contribution in [2.24, 2.45) is 5.92 Å². The van der Waals surface area contributed by atoms with Gasteiger partial charge in [0.25, 0.3) is 0 Å². The first-order valence-electron chi connectivity index (χ1n) is 5.40. The summed E-state index contributed by atoms with van der Waals surface area (Å²) in [6.07, 6.45) is 0.772.